The fraction of sp³-hybridized carbons (Fsp3) is 0.0909. The molecule has 2 aromatic rings. The zero-order valence-corrected chi connectivity index (χ0v) is 10.3. The molecule has 0 unspecified atom stereocenters. The molecule has 0 bridgehead atoms. The van der Waals surface area contributed by atoms with Crippen LogP contribution in [-0.2, 0) is 21.1 Å². The van der Waals surface area contributed by atoms with Crippen LogP contribution in [0.2, 0.25) is 0 Å². The summed E-state index contributed by atoms with van der Waals surface area (Å²) in [7, 11) is 0. The molecule has 0 spiro atoms. The van der Waals surface area contributed by atoms with E-state index in [-0.39, 0.29) is 21.1 Å². The van der Waals surface area contributed by atoms with Gasteiger partial charge in [0.05, 0.1) is 6.20 Å². The van der Waals surface area contributed by atoms with Crippen LogP contribution in [0.3, 0.4) is 0 Å². The number of hydrogen-bond acceptors (Lipinski definition) is 2. The van der Waals surface area contributed by atoms with E-state index in [0.29, 0.717) is 5.69 Å². The van der Waals surface area contributed by atoms with E-state index < -0.39 is 0 Å². The molecule has 0 fully saturated rings. The number of rotatable bonds is 1. The Morgan fingerprint density at radius 3 is 2.93 bits per heavy atom. The van der Waals surface area contributed by atoms with Crippen molar-refractivity contribution < 1.29 is 21.1 Å². The standard InChI is InChI=1S/C11H8N3.Pt/c1-9-3-2-4-10(7-9)14-11(8-12)5-6-13-14;/h2-3,5-7H,1H3;/q-1;. The summed E-state index contributed by atoms with van der Waals surface area (Å²) < 4.78 is 1.58. The van der Waals surface area contributed by atoms with Crippen molar-refractivity contribution in [3.05, 3.63) is 47.8 Å². The van der Waals surface area contributed by atoms with Crippen molar-refractivity contribution in [2.45, 2.75) is 6.92 Å². The zero-order valence-electron chi connectivity index (χ0n) is 8.04. The van der Waals surface area contributed by atoms with Gasteiger partial charge in [-0.1, -0.05) is 6.92 Å². The van der Waals surface area contributed by atoms with Crippen molar-refractivity contribution in [1.29, 1.82) is 5.26 Å². The van der Waals surface area contributed by atoms with Crippen LogP contribution < -0.4 is 0 Å². The minimum atomic E-state index is 0. The van der Waals surface area contributed by atoms with E-state index in [1.165, 1.54) is 0 Å². The van der Waals surface area contributed by atoms with E-state index in [4.69, 9.17) is 5.26 Å². The summed E-state index contributed by atoms with van der Waals surface area (Å²) in [4.78, 5) is 0. The summed E-state index contributed by atoms with van der Waals surface area (Å²) >= 11 is 0. The van der Waals surface area contributed by atoms with Crippen LogP contribution in [0.5, 0.6) is 0 Å². The Kier molecular flexibility index (Phi) is 3.82. The van der Waals surface area contributed by atoms with Crippen molar-refractivity contribution in [3.8, 4) is 11.8 Å². The Hall–Kier alpha value is -1.39. The molecule has 0 aliphatic rings. The molecule has 0 aliphatic heterocycles. The zero-order chi connectivity index (χ0) is 9.97. The third-order valence-electron chi connectivity index (χ3n) is 1.93. The monoisotopic (exact) mass is 377 g/mol. The number of aromatic nitrogens is 2. The first kappa shape index (κ1) is 11.7. The Morgan fingerprint density at radius 1 is 1.47 bits per heavy atom. The molecule has 0 radical (unpaired) electrons. The number of nitrogens with zero attached hydrogens (tertiary/aromatic N) is 3. The predicted octanol–water partition coefficient (Wildman–Crippen LogP) is 1.85. The van der Waals surface area contributed by atoms with Crippen LogP contribution in [0, 0.1) is 24.3 Å². The van der Waals surface area contributed by atoms with Crippen molar-refractivity contribution >= 4 is 0 Å². The van der Waals surface area contributed by atoms with Gasteiger partial charge in [-0.25, -0.2) is 4.68 Å². The molecule has 15 heavy (non-hydrogen) atoms. The predicted molar refractivity (Wildman–Crippen MR) is 51.9 cm³/mol. The largest absolute Gasteiger partial charge is 0.248 e. The quantitative estimate of drug-likeness (QED) is 0.712. The van der Waals surface area contributed by atoms with Gasteiger partial charge in [-0.2, -0.15) is 34.1 Å². The van der Waals surface area contributed by atoms with Gasteiger partial charge in [0.1, 0.15) is 11.8 Å². The van der Waals surface area contributed by atoms with Gasteiger partial charge in [-0.3, -0.25) is 0 Å². The molecule has 0 amide bonds. The number of hydrogen-bond donors (Lipinski definition) is 0. The van der Waals surface area contributed by atoms with Gasteiger partial charge >= 0.3 is 0 Å². The van der Waals surface area contributed by atoms with Gasteiger partial charge in [0.2, 0.25) is 0 Å². The van der Waals surface area contributed by atoms with E-state index in [1.54, 1.807) is 16.9 Å². The minimum Gasteiger partial charge on any atom is -0.248 e. The fourth-order valence-corrected chi connectivity index (χ4v) is 1.27. The molecular weight excluding hydrogens is 369 g/mol. The summed E-state index contributed by atoms with van der Waals surface area (Å²) in [6.45, 7) is 1.99. The Labute approximate surface area is 103 Å². The van der Waals surface area contributed by atoms with Crippen molar-refractivity contribution in [1.82, 2.24) is 9.78 Å². The number of benzene rings is 1. The molecule has 1 heterocycles. The molecule has 0 N–H and O–H groups in total. The minimum absolute atomic E-state index is 0. The first-order chi connectivity index (χ1) is 6.81. The molecular formula is C11H8N3Pt-. The van der Waals surface area contributed by atoms with Crippen LogP contribution in [0.1, 0.15) is 11.3 Å². The van der Waals surface area contributed by atoms with Crippen molar-refractivity contribution in [2.75, 3.05) is 0 Å². The first-order valence-electron chi connectivity index (χ1n) is 4.24. The Balaban J connectivity index is 0.00000112. The molecule has 1 aromatic heterocycles. The van der Waals surface area contributed by atoms with Crippen LogP contribution in [0.15, 0.2) is 30.5 Å². The average Bonchev–Trinajstić information content (AvgIpc) is 2.65. The molecule has 1 aromatic carbocycles. The van der Waals surface area contributed by atoms with Gasteiger partial charge < -0.3 is 0 Å². The van der Waals surface area contributed by atoms with Gasteiger partial charge in [0.15, 0.2) is 0 Å². The van der Waals surface area contributed by atoms with Gasteiger partial charge in [-0.05, 0) is 11.8 Å². The third kappa shape index (κ3) is 2.34. The van der Waals surface area contributed by atoms with Crippen LogP contribution in [0.4, 0.5) is 0 Å². The Morgan fingerprint density at radius 2 is 2.27 bits per heavy atom. The first-order valence-corrected chi connectivity index (χ1v) is 4.24. The van der Waals surface area contributed by atoms with Gasteiger partial charge in [0.25, 0.3) is 0 Å². The summed E-state index contributed by atoms with van der Waals surface area (Å²) in [5.74, 6) is 0. The molecule has 3 nitrogen and oxygen atoms in total. The second kappa shape index (κ2) is 4.91. The second-order valence-corrected chi connectivity index (χ2v) is 2.99. The molecule has 0 saturated carbocycles. The SMILES string of the molecule is Cc1cc[c-]c(-n2nccc2C#N)c1.[Pt]. The molecule has 0 atom stereocenters. The van der Waals surface area contributed by atoms with Crippen LogP contribution in [-0.4, -0.2) is 9.78 Å². The van der Waals surface area contributed by atoms with Crippen LogP contribution in [0.25, 0.3) is 5.69 Å². The van der Waals surface area contributed by atoms with E-state index in [2.05, 4.69) is 17.2 Å². The van der Waals surface area contributed by atoms with Gasteiger partial charge in [-0.15, -0.1) is 6.07 Å². The average molecular weight is 377 g/mol. The van der Waals surface area contributed by atoms with Crippen LogP contribution >= 0.6 is 0 Å². The second-order valence-electron chi connectivity index (χ2n) is 2.99. The molecule has 78 valence electrons. The Bertz CT molecular complexity index is 497. The molecule has 4 heteroatoms. The number of aryl methyl sites for hydroxylation is 1. The van der Waals surface area contributed by atoms with E-state index in [0.717, 1.165) is 11.3 Å². The van der Waals surface area contributed by atoms with E-state index >= 15 is 0 Å². The summed E-state index contributed by atoms with van der Waals surface area (Å²) in [5.41, 5.74) is 2.44. The molecule has 2 rings (SSSR count). The summed E-state index contributed by atoms with van der Waals surface area (Å²) in [6.07, 6.45) is 1.61. The summed E-state index contributed by atoms with van der Waals surface area (Å²) in [5, 5.41) is 12.9. The topological polar surface area (TPSA) is 41.6 Å². The van der Waals surface area contributed by atoms with Crippen molar-refractivity contribution in [2.24, 2.45) is 0 Å². The van der Waals surface area contributed by atoms with E-state index in [1.807, 2.05) is 25.1 Å². The number of nitriles is 1. The maximum atomic E-state index is 8.81. The maximum Gasteiger partial charge on any atom is 0.141 e. The summed E-state index contributed by atoms with van der Waals surface area (Å²) in [6, 6.07) is 12.5. The fourth-order valence-electron chi connectivity index (χ4n) is 1.27. The molecule has 0 aliphatic carbocycles. The normalized spacial score (nSPS) is 9.07. The smallest absolute Gasteiger partial charge is 0.141 e. The van der Waals surface area contributed by atoms with Crippen molar-refractivity contribution in [3.63, 3.8) is 0 Å². The third-order valence-corrected chi connectivity index (χ3v) is 1.93. The van der Waals surface area contributed by atoms with Gasteiger partial charge in [0, 0.05) is 21.1 Å². The molecule has 0 saturated heterocycles. The van der Waals surface area contributed by atoms with E-state index in [9.17, 15) is 0 Å². The maximum absolute atomic E-state index is 8.81.